The normalized spacial score (nSPS) is 11.7. The highest BCUT2D eigenvalue weighted by Crippen LogP contribution is 2.21. The first-order valence-corrected chi connectivity index (χ1v) is 5.30. The van der Waals surface area contributed by atoms with Crippen molar-refractivity contribution in [2.45, 2.75) is 6.92 Å². The third kappa shape index (κ3) is 3.39. The third-order valence-corrected chi connectivity index (χ3v) is 2.59. The molecule has 0 radical (unpaired) electrons. The van der Waals surface area contributed by atoms with E-state index in [1.807, 2.05) is 0 Å². The fourth-order valence-electron chi connectivity index (χ4n) is 1.12. The molecule has 3 N–H and O–H groups in total. The van der Waals surface area contributed by atoms with Crippen LogP contribution in [0.15, 0.2) is 18.2 Å². The highest BCUT2D eigenvalue weighted by molar-refractivity contribution is 7.80. The molecular weight excluding hydrogens is 243 g/mol. The summed E-state index contributed by atoms with van der Waals surface area (Å²) in [6.45, 7) is 1.60. The van der Waals surface area contributed by atoms with E-state index < -0.39 is 11.7 Å². The quantitative estimate of drug-likeness (QED) is 0.805. The maximum Gasteiger partial charge on any atom is 0.234 e. The largest absolute Gasteiger partial charge is 0.494 e. The zero-order valence-electron chi connectivity index (χ0n) is 9.49. The maximum atomic E-state index is 13.1. The number of carbonyl (C=O) groups is 1. The van der Waals surface area contributed by atoms with E-state index in [-0.39, 0.29) is 16.6 Å². The number of hydrogen-bond acceptors (Lipinski definition) is 3. The summed E-state index contributed by atoms with van der Waals surface area (Å²) >= 11 is 4.71. The van der Waals surface area contributed by atoms with E-state index >= 15 is 0 Å². The zero-order chi connectivity index (χ0) is 13.0. The van der Waals surface area contributed by atoms with Crippen LogP contribution in [-0.4, -0.2) is 18.0 Å². The predicted molar refractivity (Wildman–Crippen MR) is 67.5 cm³/mol. The summed E-state index contributed by atoms with van der Waals surface area (Å²) in [6.07, 6.45) is 0. The van der Waals surface area contributed by atoms with Gasteiger partial charge in [-0.3, -0.25) is 4.79 Å². The minimum atomic E-state index is -0.582. The molecule has 1 amide bonds. The van der Waals surface area contributed by atoms with Crippen molar-refractivity contribution in [1.29, 1.82) is 0 Å². The van der Waals surface area contributed by atoms with Crippen molar-refractivity contribution in [2.24, 2.45) is 11.7 Å². The molecule has 0 saturated heterocycles. The summed E-state index contributed by atoms with van der Waals surface area (Å²) in [7, 11) is 1.35. The van der Waals surface area contributed by atoms with E-state index in [1.165, 1.54) is 25.3 Å². The molecule has 17 heavy (non-hydrogen) atoms. The Kier molecular flexibility index (Phi) is 4.39. The summed E-state index contributed by atoms with van der Waals surface area (Å²) in [5.74, 6) is -1.36. The summed E-state index contributed by atoms with van der Waals surface area (Å²) in [4.78, 5) is 11.7. The Labute approximate surface area is 104 Å². The molecule has 0 aliphatic rings. The number of ether oxygens (including phenoxy) is 1. The van der Waals surface area contributed by atoms with Gasteiger partial charge in [-0.25, -0.2) is 4.39 Å². The van der Waals surface area contributed by atoms with Crippen LogP contribution in [0.5, 0.6) is 5.75 Å². The van der Waals surface area contributed by atoms with Crippen LogP contribution in [-0.2, 0) is 4.79 Å². The first-order chi connectivity index (χ1) is 7.95. The lowest BCUT2D eigenvalue weighted by Gasteiger charge is -2.11. The Hall–Kier alpha value is -1.69. The Morgan fingerprint density at radius 1 is 1.59 bits per heavy atom. The average Bonchev–Trinajstić information content (AvgIpc) is 2.30. The van der Waals surface area contributed by atoms with Gasteiger partial charge >= 0.3 is 0 Å². The molecule has 92 valence electrons. The van der Waals surface area contributed by atoms with Crippen LogP contribution in [0.1, 0.15) is 6.92 Å². The number of nitrogens with one attached hydrogen (secondary N) is 1. The predicted octanol–water partition coefficient (Wildman–Crippen LogP) is 1.69. The first-order valence-electron chi connectivity index (χ1n) is 4.89. The first kappa shape index (κ1) is 13.4. The van der Waals surface area contributed by atoms with E-state index in [0.717, 1.165) is 0 Å². The van der Waals surface area contributed by atoms with Crippen LogP contribution in [0.25, 0.3) is 0 Å². The van der Waals surface area contributed by atoms with Crippen molar-refractivity contribution in [3.63, 3.8) is 0 Å². The number of thiocarbonyl (C=S) groups is 1. The van der Waals surface area contributed by atoms with Gasteiger partial charge in [-0.1, -0.05) is 12.2 Å². The van der Waals surface area contributed by atoms with Gasteiger partial charge in [0.05, 0.1) is 18.0 Å². The highest BCUT2D eigenvalue weighted by atomic mass is 32.1. The van der Waals surface area contributed by atoms with Crippen LogP contribution in [0.4, 0.5) is 10.1 Å². The molecule has 0 aromatic heterocycles. The SMILES string of the molecule is COc1cc(NC(=O)C(C)C(N)=S)ccc1F. The molecule has 1 unspecified atom stereocenters. The van der Waals surface area contributed by atoms with Gasteiger partial charge in [-0.05, 0) is 19.1 Å². The fraction of sp³-hybridized carbons (Fsp3) is 0.273. The Bertz CT molecular complexity index is 451. The number of carbonyl (C=O) groups excluding carboxylic acids is 1. The molecular formula is C11H13FN2O2S. The maximum absolute atomic E-state index is 13.1. The van der Waals surface area contributed by atoms with Gasteiger partial charge < -0.3 is 15.8 Å². The summed E-state index contributed by atoms with van der Waals surface area (Å²) in [5, 5.41) is 2.57. The second-order valence-corrected chi connectivity index (χ2v) is 3.93. The number of halogens is 1. The van der Waals surface area contributed by atoms with Crippen molar-refractivity contribution >= 4 is 28.8 Å². The van der Waals surface area contributed by atoms with Crippen molar-refractivity contribution in [3.8, 4) is 5.75 Å². The zero-order valence-corrected chi connectivity index (χ0v) is 10.3. The number of anilines is 1. The summed E-state index contributed by atoms with van der Waals surface area (Å²) in [6, 6.07) is 4.03. The molecule has 0 aliphatic carbocycles. The van der Waals surface area contributed by atoms with E-state index in [9.17, 15) is 9.18 Å². The lowest BCUT2D eigenvalue weighted by molar-refractivity contribution is -0.117. The molecule has 1 aromatic carbocycles. The molecule has 1 aromatic rings. The van der Waals surface area contributed by atoms with Crippen LogP contribution < -0.4 is 15.8 Å². The monoisotopic (exact) mass is 256 g/mol. The number of hydrogen-bond donors (Lipinski definition) is 2. The number of rotatable bonds is 4. The second kappa shape index (κ2) is 5.58. The standard InChI is InChI=1S/C11H13FN2O2S/c1-6(10(13)17)11(15)14-7-3-4-8(12)9(5-7)16-2/h3-6H,1-2H3,(H2,13,17)(H,14,15). The van der Waals surface area contributed by atoms with Gasteiger partial charge in [0.15, 0.2) is 11.6 Å². The molecule has 0 saturated carbocycles. The number of benzene rings is 1. The summed E-state index contributed by atoms with van der Waals surface area (Å²) < 4.78 is 17.9. The van der Waals surface area contributed by atoms with Gasteiger partial charge in [0, 0.05) is 11.8 Å². The molecule has 1 atom stereocenters. The van der Waals surface area contributed by atoms with Crippen molar-refractivity contribution in [1.82, 2.24) is 0 Å². The Morgan fingerprint density at radius 2 is 2.24 bits per heavy atom. The number of nitrogens with two attached hydrogens (primary N) is 1. The van der Waals surface area contributed by atoms with Gasteiger partial charge in [0.1, 0.15) is 0 Å². The van der Waals surface area contributed by atoms with E-state index in [4.69, 9.17) is 22.7 Å². The van der Waals surface area contributed by atoms with Crippen molar-refractivity contribution in [3.05, 3.63) is 24.0 Å². The van der Waals surface area contributed by atoms with Gasteiger partial charge in [-0.15, -0.1) is 0 Å². The van der Waals surface area contributed by atoms with E-state index in [0.29, 0.717) is 5.69 Å². The summed E-state index contributed by atoms with van der Waals surface area (Å²) in [5.41, 5.74) is 5.78. The molecule has 0 aliphatic heterocycles. The fourth-order valence-corrected chi connectivity index (χ4v) is 1.22. The molecule has 0 spiro atoms. The lowest BCUT2D eigenvalue weighted by atomic mass is 10.1. The Morgan fingerprint density at radius 3 is 2.76 bits per heavy atom. The minimum Gasteiger partial charge on any atom is -0.494 e. The smallest absolute Gasteiger partial charge is 0.234 e. The van der Waals surface area contributed by atoms with Crippen LogP contribution in [0.3, 0.4) is 0 Å². The molecule has 6 heteroatoms. The van der Waals surface area contributed by atoms with Crippen LogP contribution in [0, 0.1) is 11.7 Å². The topological polar surface area (TPSA) is 64.3 Å². The van der Waals surface area contributed by atoms with E-state index in [1.54, 1.807) is 6.92 Å². The highest BCUT2D eigenvalue weighted by Gasteiger charge is 2.16. The Balaban J connectivity index is 2.82. The van der Waals surface area contributed by atoms with Gasteiger partial charge in [0.2, 0.25) is 5.91 Å². The number of amides is 1. The van der Waals surface area contributed by atoms with Crippen LogP contribution in [0.2, 0.25) is 0 Å². The molecule has 0 heterocycles. The van der Waals surface area contributed by atoms with E-state index in [2.05, 4.69) is 5.32 Å². The van der Waals surface area contributed by atoms with Gasteiger partial charge in [-0.2, -0.15) is 0 Å². The van der Waals surface area contributed by atoms with Crippen LogP contribution >= 0.6 is 12.2 Å². The van der Waals surface area contributed by atoms with Crippen molar-refractivity contribution < 1.29 is 13.9 Å². The molecule has 1 rings (SSSR count). The molecule has 0 fully saturated rings. The lowest BCUT2D eigenvalue weighted by Crippen LogP contribution is -2.30. The molecule has 0 bridgehead atoms. The van der Waals surface area contributed by atoms with Crippen molar-refractivity contribution in [2.75, 3.05) is 12.4 Å². The minimum absolute atomic E-state index is 0.0609. The average molecular weight is 256 g/mol. The van der Waals surface area contributed by atoms with Gasteiger partial charge in [0.25, 0.3) is 0 Å². The molecule has 4 nitrogen and oxygen atoms in total. The number of methoxy groups -OCH3 is 1. The third-order valence-electron chi connectivity index (χ3n) is 2.24. The second-order valence-electron chi connectivity index (χ2n) is 3.46.